The van der Waals surface area contributed by atoms with Crippen molar-refractivity contribution in [1.82, 2.24) is 0 Å². The molecule has 5 heteroatoms. The number of carbonyl (C=O) groups is 1. The molecule has 2 rings (SSSR count). The lowest BCUT2D eigenvalue weighted by Crippen LogP contribution is -2.14. The lowest BCUT2D eigenvalue weighted by molar-refractivity contribution is 0.102. The minimum Gasteiger partial charge on any atom is -0.398 e. The van der Waals surface area contributed by atoms with Gasteiger partial charge in [-0.3, -0.25) is 4.79 Å². The van der Waals surface area contributed by atoms with E-state index in [4.69, 9.17) is 11.0 Å². The van der Waals surface area contributed by atoms with E-state index >= 15 is 0 Å². The van der Waals surface area contributed by atoms with Gasteiger partial charge in [-0.15, -0.1) is 0 Å². The SMILES string of the molecule is Cc1ccc(C#N)cc1NC(=O)c1ccc(Br)cc1N. The molecule has 2 aromatic rings. The summed E-state index contributed by atoms with van der Waals surface area (Å²) in [4.78, 5) is 12.2. The summed E-state index contributed by atoms with van der Waals surface area (Å²) >= 11 is 3.29. The molecule has 0 fully saturated rings. The Labute approximate surface area is 125 Å². The van der Waals surface area contributed by atoms with Crippen LogP contribution >= 0.6 is 15.9 Å². The van der Waals surface area contributed by atoms with Crippen LogP contribution in [-0.2, 0) is 0 Å². The van der Waals surface area contributed by atoms with Crippen LogP contribution in [-0.4, -0.2) is 5.91 Å². The van der Waals surface area contributed by atoms with E-state index < -0.39 is 0 Å². The number of amides is 1. The van der Waals surface area contributed by atoms with Crippen molar-refractivity contribution >= 4 is 33.2 Å². The molecule has 0 unspecified atom stereocenters. The minimum absolute atomic E-state index is 0.298. The second-order valence-corrected chi connectivity index (χ2v) is 5.24. The maximum atomic E-state index is 12.2. The molecule has 0 heterocycles. The molecule has 0 radical (unpaired) electrons. The average molecular weight is 330 g/mol. The lowest BCUT2D eigenvalue weighted by atomic mass is 10.1. The highest BCUT2D eigenvalue weighted by molar-refractivity contribution is 9.10. The summed E-state index contributed by atoms with van der Waals surface area (Å²) < 4.78 is 0.814. The van der Waals surface area contributed by atoms with Crippen LogP contribution in [0.4, 0.5) is 11.4 Å². The van der Waals surface area contributed by atoms with Crippen molar-refractivity contribution in [3.63, 3.8) is 0 Å². The zero-order chi connectivity index (χ0) is 14.7. The van der Waals surface area contributed by atoms with Crippen LogP contribution < -0.4 is 11.1 Å². The fraction of sp³-hybridized carbons (Fsp3) is 0.0667. The van der Waals surface area contributed by atoms with Crippen molar-refractivity contribution in [1.29, 1.82) is 5.26 Å². The Bertz CT molecular complexity index is 720. The van der Waals surface area contributed by atoms with Crippen molar-refractivity contribution in [3.8, 4) is 6.07 Å². The van der Waals surface area contributed by atoms with Gasteiger partial charge in [0, 0.05) is 15.8 Å². The summed E-state index contributed by atoms with van der Waals surface area (Å²) in [7, 11) is 0. The third kappa shape index (κ3) is 2.98. The van der Waals surface area contributed by atoms with E-state index in [1.807, 2.05) is 13.0 Å². The van der Waals surface area contributed by atoms with Gasteiger partial charge in [0.25, 0.3) is 5.91 Å². The molecule has 1 amide bonds. The molecule has 4 nitrogen and oxygen atoms in total. The van der Waals surface area contributed by atoms with E-state index in [0.29, 0.717) is 22.5 Å². The number of hydrogen-bond acceptors (Lipinski definition) is 3. The van der Waals surface area contributed by atoms with Crippen LogP contribution in [0, 0.1) is 18.3 Å². The number of benzene rings is 2. The summed E-state index contributed by atoms with van der Waals surface area (Å²) in [5, 5.41) is 11.7. The van der Waals surface area contributed by atoms with Crippen LogP contribution in [0.1, 0.15) is 21.5 Å². The van der Waals surface area contributed by atoms with Crippen LogP contribution in [0.5, 0.6) is 0 Å². The maximum Gasteiger partial charge on any atom is 0.257 e. The van der Waals surface area contributed by atoms with Gasteiger partial charge in [0.15, 0.2) is 0 Å². The molecule has 20 heavy (non-hydrogen) atoms. The van der Waals surface area contributed by atoms with Gasteiger partial charge in [-0.1, -0.05) is 22.0 Å². The van der Waals surface area contributed by atoms with Crippen LogP contribution in [0.15, 0.2) is 40.9 Å². The number of rotatable bonds is 2. The number of halogens is 1. The first-order valence-electron chi connectivity index (χ1n) is 5.88. The van der Waals surface area contributed by atoms with E-state index in [9.17, 15) is 4.79 Å². The number of anilines is 2. The number of nitrogens with zero attached hydrogens (tertiary/aromatic N) is 1. The molecule has 100 valence electrons. The Kier molecular flexibility index (Phi) is 4.06. The molecule has 0 saturated carbocycles. The number of aryl methyl sites for hydroxylation is 1. The highest BCUT2D eigenvalue weighted by Crippen LogP contribution is 2.21. The second kappa shape index (κ2) is 5.76. The molecule has 0 atom stereocenters. The van der Waals surface area contributed by atoms with Crippen LogP contribution in [0.3, 0.4) is 0 Å². The van der Waals surface area contributed by atoms with Gasteiger partial charge in [0.1, 0.15) is 0 Å². The summed E-state index contributed by atoms with van der Waals surface area (Å²) in [5.74, 6) is -0.298. The first-order valence-corrected chi connectivity index (χ1v) is 6.67. The topological polar surface area (TPSA) is 78.9 Å². The standard InChI is InChI=1S/C15H12BrN3O/c1-9-2-3-10(8-17)6-14(9)19-15(20)12-5-4-11(16)7-13(12)18/h2-7H,18H2,1H3,(H,19,20). The van der Waals surface area contributed by atoms with E-state index in [-0.39, 0.29) is 5.91 Å². The number of hydrogen-bond donors (Lipinski definition) is 2. The van der Waals surface area contributed by atoms with Gasteiger partial charge < -0.3 is 11.1 Å². The largest absolute Gasteiger partial charge is 0.398 e. The Balaban J connectivity index is 2.30. The van der Waals surface area contributed by atoms with Gasteiger partial charge in [0.05, 0.1) is 17.2 Å². The molecule has 2 aromatic carbocycles. The first-order chi connectivity index (χ1) is 9.51. The second-order valence-electron chi connectivity index (χ2n) is 4.33. The van der Waals surface area contributed by atoms with Gasteiger partial charge in [0.2, 0.25) is 0 Å². The minimum atomic E-state index is -0.298. The number of nitrogens with two attached hydrogens (primary N) is 1. The highest BCUT2D eigenvalue weighted by atomic mass is 79.9. The number of nitrogens with one attached hydrogen (secondary N) is 1. The van der Waals surface area contributed by atoms with Gasteiger partial charge >= 0.3 is 0 Å². The van der Waals surface area contributed by atoms with Gasteiger partial charge in [-0.05, 0) is 42.8 Å². The summed E-state index contributed by atoms with van der Waals surface area (Å²) in [5.41, 5.74) is 8.60. The van der Waals surface area contributed by atoms with Gasteiger partial charge in [-0.2, -0.15) is 5.26 Å². The normalized spacial score (nSPS) is 9.85. The number of nitrogen functional groups attached to an aromatic ring is 1. The van der Waals surface area contributed by atoms with Crippen molar-refractivity contribution < 1.29 is 4.79 Å². The fourth-order valence-electron chi connectivity index (χ4n) is 1.76. The van der Waals surface area contributed by atoms with Crippen LogP contribution in [0.25, 0.3) is 0 Å². The monoisotopic (exact) mass is 329 g/mol. The molecule has 0 saturated heterocycles. The van der Waals surface area contributed by atoms with E-state index in [1.165, 1.54) is 0 Å². The average Bonchev–Trinajstić information content (AvgIpc) is 2.41. The smallest absolute Gasteiger partial charge is 0.257 e. The summed E-state index contributed by atoms with van der Waals surface area (Å²) in [6.45, 7) is 1.86. The maximum absolute atomic E-state index is 12.2. The molecule has 3 N–H and O–H groups in total. The third-order valence-electron chi connectivity index (χ3n) is 2.87. The van der Waals surface area contributed by atoms with Crippen molar-refractivity contribution in [2.75, 3.05) is 11.1 Å². The number of nitriles is 1. The van der Waals surface area contributed by atoms with Crippen molar-refractivity contribution in [3.05, 3.63) is 57.6 Å². The zero-order valence-corrected chi connectivity index (χ0v) is 12.4. The van der Waals surface area contributed by atoms with Gasteiger partial charge in [-0.25, -0.2) is 0 Å². The van der Waals surface area contributed by atoms with E-state index in [0.717, 1.165) is 10.0 Å². The molecular formula is C15H12BrN3O. The molecule has 0 aromatic heterocycles. The molecule has 0 spiro atoms. The Morgan fingerprint density at radius 3 is 2.70 bits per heavy atom. The number of carbonyl (C=O) groups excluding carboxylic acids is 1. The van der Waals surface area contributed by atoms with E-state index in [2.05, 4.69) is 21.2 Å². The third-order valence-corrected chi connectivity index (χ3v) is 3.37. The molecule has 0 aliphatic carbocycles. The Morgan fingerprint density at radius 2 is 2.05 bits per heavy atom. The predicted octanol–water partition coefficient (Wildman–Crippen LogP) is 3.46. The summed E-state index contributed by atoms with van der Waals surface area (Å²) in [6, 6.07) is 12.3. The fourth-order valence-corrected chi connectivity index (χ4v) is 2.14. The predicted molar refractivity (Wildman–Crippen MR) is 82.4 cm³/mol. The first kappa shape index (κ1) is 14.1. The Morgan fingerprint density at radius 1 is 1.30 bits per heavy atom. The van der Waals surface area contributed by atoms with Crippen LogP contribution in [0.2, 0.25) is 0 Å². The summed E-state index contributed by atoms with van der Waals surface area (Å²) in [6.07, 6.45) is 0. The zero-order valence-electron chi connectivity index (χ0n) is 10.8. The van der Waals surface area contributed by atoms with Crippen molar-refractivity contribution in [2.45, 2.75) is 6.92 Å². The molecule has 0 bridgehead atoms. The van der Waals surface area contributed by atoms with Crippen molar-refractivity contribution in [2.24, 2.45) is 0 Å². The van der Waals surface area contributed by atoms with E-state index in [1.54, 1.807) is 36.4 Å². The molecule has 0 aliphatic rings. The molecule has 0 aliphatic heterocycles. The highest BCUT2D eigenvalue weighted by Gasteiger charge is 2.11. The lowest BCUT2D eigenvalue weighted by Gasteiger charge is -2.10. The quantitative estimate of drug-likeness (QED) is 0.828. The molecular weight excluding hydrogens is 318 g/mol. The Hall–Kier alpha value is -2.32.